The van der Waals surface area contributed by atoms with Gasteiger partial charge < -0.3 is 9.80 Å². The minimum absolute atomic E-state index is 0.0848. The van der Waals surface area contributed by atoms with Gasteiger partial charge in [-0.25, -0.2) is 4.99 Å². The van der Waals surface area contributed by atoms with Crippen LogP contribution in [0, 0.1) is 0 Å². The molecular weight excluding hydrogens is 366 g/mol. The predicted molar refractivity (Wildman–Crippen MR) is 111 cm³/mol. The molecule has 3 rings (SSSR count). The van der Waals surface area contributed by atoms with E-state index in [9.17, 15) is 4.79 Å². The van der Waals surface area contributed by atoms with Crippen molar-refractivity contribution in [2.24, 2.45) is 4.99 Å². The lowest BCUT2D eigenvalue weighted by atomic mass is 10.1. The predicted octanol–water partition coefficient (Wildman–Crippen LogP) is 4.19. The largest absolute Gasteiger partial charge is 0.349 e. The van der Waals surface area contributed by atoms with E-state index in [1.807, 2.05) is 30.3 Å². The van der Waals surface area contributed by atoms with Gasteiger partial charge in [-0.15, -0.1) is 0 Å². The number of nitrogens with zero attached hydrogens (tertiary/aromatic N) is 3. The first-order chi connectivity index (χ1) is 12.6. The number of amidine groups is 1. The highest BCUT2D eigenvalue weighted by Crippen LogP contribution is 2.20. The highest BCUT2D eigenvalue weighted by Gasteiger charge is 2.19. The molecule has 0 aliphatic carbocycles. The Bertz CT molecular complexity index is 756. The van der Waals surface area contributed by atoms with Gasteiger partial charge in [-0.3, -0.25) is 4.79 Å². The van der Waals surface area contributed by atoms with Gasteiger partial charge in [-0.2, -0.15) is 0 Å². The van der Waals surface area contributed by atoms with Gasteiger partial charge in [-0.05, 0) is 43.4 Å². The van der Waals surface area contributed by atoms with Crippen LogP contribution in [0.1, 0.15) is 10.4 Å². The van der Waals surface area contributed by atoms with Crippen LogP contribution in [0.5, 0.6) is 0 Å². The fraction of sp³-hybridized carbons (Fsp3) is 0.300. The minimum atomic E-state index is 0.0848. The number of ketones is 1. The molecule has 0 spiro atoms. The summed E-state index contributed by atoms with van der Waals surface area (Å²) < 4.78 is 0. The van der Waals surface area contributed by atoms with E-state index >= 15 is 0 Å². The van der Waals surface area contributed by atoms with Crippen LogP contribution in [-0.4, -0.2) is 59.7 Å². The van der Waals surface area contributed by atoms with Gasteiger partial charge in [0.25, 0.3) is 0 Å². The molecule has 6 heteroatoms. The van der Waals surface area contributed by atoms with Gasteiger partial charge in [0.1, 0.15) is 0 Å². The zero-order valence-electron chi connectivity index (χ0n) is 14.8. The molecule has 0 amide bonds. The number of Topliss-reactive ketones (excluding diaryl/α,β-unsaturated/α-hetero) is 1. The maximum atomic E-state index is 12.5. The second-order valence-corrected chi connectivity index (χ2v) is 7.62. The van der Waals surface area contributed by atoms with Crippen molar-refractivity contribution >= 4 is 40.0 Å². The highest BCUT2D eigenvalue weighted by atomic mass is 35.5. The topological polar surface area (TPSA) is 35.9 Å². The monoisotopic (exact) mass is 387 g/mol. The third-order valence-corrected chi connectivity index (χ3v) is 5.52. The number of para-hydroxylation sites is 1. The van der Waals surface area contributed by atoms with Crippen LogP contribution >= 0.6 is 23.4 Å². The smallest absolute Gasteiger partial charge is 0.173 e. The molecule has 26 heavy (non-hydrogen) atoms. The first-order valence-corrected chi connectivity index (χ1v) is 9.97. The van der Waals surface area contributed by atoms with Crippen molar-refractivity contribution in [2.75, 3.05) is 39.0 Å². The second kappa shape index (κ2) is 9.21. The Labute approximate surface area is 163 Å². The second-order valence-electron chi connectivity index (χ2n) is 6.24. The van der Waals surface area contributed by atoms with E-state index in [1.54, 1.807) is 24.3 Å². The molecule has 1 aliphatic heterocycles. The summed E-state index contributed by atoms with van der Waals surface area (Å²) in [6, 6.07) is 16.9. The Morgan fingerprint density at radius 3 is 2.35 bits per heavy atom. The molecule has 0 unspecified atom stereocenters. The summed E-state index contributed by atoms with van der Waals surface area (Å²) in [6.45, 7) is 3.84. The lowest BCUT2D eigenvalue weighted by molar-refractivity contribution is 0.102. The number of piperazine rings is 1. The molecule has 0 bridgehead atoms. The average Bonchev–Trinajstić information content (AvgIpc) is 2.67. The van der Waals surface area contributed by atoms with Crippen LogP contribution in [0.3, 0.4) is 0 Å². The number of likely N-dealkylation sites (N-methyl/N-ethyl adjacent to an activating group) is 1. The molecule has 1 aliphatic rings. The lowest BCUT2D eigenvalue weighted by Gasteiger charge is -2.34. The number of aliphatic imine (C=N–C) groups is 1. The van der Waals surface area contributed by atoms with Crippen LogP contribution in [0.15, 0.2) is 59.6 Å². The first kappa shape index (κ1) is 19.0. The molecule has 1 heterocycles. The van der Waals surface area contributed by atoms with Crippen LogP contribution < -0.4 is 0 Å². The van der Waals surface area contributed by atoms with E-state index < -0.39 is 0 Å². The zero-order valence-corrected chi connectivity index (χ0v) is 16.3. The minimum Gasteiger partial charge on any atom is -0.349 e. The quantitative estimate of drug-likeness (QED) is 0.447. The molecule has 2 aromatic carbocycles. The summed E-state index contributed by atoms with van der Waals surface area (Å²) >= 11 is 7.41. The maximum Gasteiger partial charge on any atom is 0.173 e. The molecule has 0 atom stereocenters. The van der Waals surface area contributed by atoms with Crippen LogP contribution in [-0.2, 0) is 0 Å². The standard InChI is InChI=1S/C20H22ClN3OS/c1-23-11-13-24(14-12-23)20(22-18-5-3-2-4-6-18)26-15-19(25)16-7-9-17(21)10-8-16/h2-10H,11-15H2,1H3. The third kappa shape index (κ3) is 5.34. The molecule has 2 aromatic rings. The number of rotatable bonds is 4. The summed E-state index contributed by atoms with van der Waals surface area (Å²) in [5.74, 6) is 0.446. The van der Waals surface area contributed by atoms with Crippen molar-refractivity contribution in [2.45, 2.75) is 0 Å². The SMILES string of the molecule is CN1CCN(C(=Nc2ccccc2)SCC(=O)c2ccc(Cl)cc2)CC1. The van der Waals surface area contributed by atoms with Gasteiger partial charge in [0.05, 0.1) is 11.4 Å². The Morgan fingerprint density at radius 1 is 1.04 bits per heavy atom. The number of carbonyl (C=O) groups excluding carboxylic acids is 1. The van der Waals surface area contributed by atoms with E-state index in [1.165, 1.54) is 11.8 Å². The molecule has 0 aromatic heterocycles. The van der Waals surface area contributed by atoms with Crippen LogP contribution in [0.4, 0.5) is 5.69 Å². The Hall–Kier alpha value is -1.82. The first-order valence-electron chi connectivity index (χ1n) is 8.60. The molecule has 1 fully saturated rings. The summed E-state index contributed by atoms with van der Waals surface area (Å²) in [7, 11) is 2.13. The summed E-state index contributed by atoms with van der Waals surface area (Å²) in [6.07, 6.45) is 0. The van der Waals surface area contributed by atoms with E-state index in [0.717, 1.165) is 37.0 Å². The van der Waals surface area contributed by atoms with Crippen LogP contribution in [0.2, 0.25) is 5.02 Å². The van der Waals surface area contributed by atoms with E-state index in [0.29, 0.717) is 16.3 Å². The summed E-state index contributed by atoms with van der Waals surface area (Å²) in [5.41, 5.74) is 1.59. The zero-order chi connectivity index (χ0) is 18.4. The van der Waals surface area contributed by atoms with Gasteiger partial charge in [0, 0.05) is 36.8 Å². The Balaban J connectivity index is 1.72. The van der Waals surface area contributed by atoms with Gasteiger partial charge >= 0.3 is 0 Å². The van der Waals surface area contributed by atoms with Crippen LogP contribution in [0.25, 0.3) is 0 Å². The average molecular weight is 388 g/mol. The molecular formula is C20H22ClN3OS. The van der Waals surface area contributed by atoms with Gasteiger partial charge in [0.15, 0.2) is 11.0 Å². The number of hydrogen-bond donors (Lipinski definition) is 0. The Kier molecular flexibility index (Phi) is 6.72. The number of benzene rings is 2. The van der Waals surface area contributed by atoms with E-state index in [4.69, 9.17) is 16.6 Å². The molecule has 4 nitrogen and oxygen atoms in total. The highest BCUT2D eigenvalue weighted by molar-refractivity contribution is 8.14. The molecule has 136 valence electrons. The summed E-state index contributed by atoms with van der Waals surface area (Å²) in [5, 5.41) is 1.55. The number of hydrogen-bond acceptors (Lipinski definition) is 4. The van der Waals surface area contributed by atoms with Crippen molar-refractivity contribution in [3.05, 3.63) is 65.2 Å². The molecule has 1 saturated heterocycles. The van der Waals surface area contributed by atoms with Crippen molar-refractivity contribution in [1.82, 2.24) is 9.80 Å². The normalized spacial score (nSPS) is 15.9. The molecule has 0 N–H and O–H groups in total. The van der Waals surface area contributed by atoms with Gasteiger partial charge in [-0.1, -0.05) is 41.6 Å². The number of thioether (sulfide) groups is 1. The lowest BCUT2D eigenvalue weighted by Crippen LogP contribution is -2.46. The van der Waals surface area contributed by atoms with Crippen molar-refractivity contribution in [3.63, 3.8) is 0 Å². The van der Waals surface area contributed by atoms with Crippen molar-refractivity contribution in [1.29, 1.82) is 0 Å². The number of carbonyl (C=O) groups is 1. The summed E-state index contributed by atoms with van der Waals surface area (Å²) in [4.78, 5) is 21.9. The Morgan fingerprint density at radius 2 is 1.69 bits per heavy atom. The fourth-order valence-corrected chi connectivity index (χ4v) is 3.74. The van der Waals surface area contributed by atoms with Crippen molar-refractivity contribution < 1.29 is 4.79 Å². The third-order valence-electron chi connectivity index (χ3n) is 4.25. The molecule has 0 saturated carbocycles. The van der Waals surface area contributed by atoms with Gasteiger partial charge in [0.2, 0.25) is 0 Å². The number of halogens is 1. The molecule has 0 radical (unpaired) electrons. The van der Waals surface area contributed by atoms with E-state index in [-0.39, 0.29) is 5.78 Å². The maximum absolute atomic E-state index is 12.5. The fourth-order valence-electron chi connectivity index (χ4n) is 2.65. The van der Waals surface area contributed by atoms with Crippen molar-refractivity contribution in [3.8, 4) is 0 Å². The van der Waals surface area contributed by atoms with E-state index in [2.05, 4.69) is 16.8 Å².